The van der Waals surface area contributed by atoms with E-state index in [2.05, 4.69) is 6.58 Å². The summed E-state index contributed by atoms with van der Waals surface area (Å²) < 4.78 is 21.1. The molecule has 2 N–H and O–H groups in total. The lowest BCUT2D eigenvalue weighted by molar-refractivity contribution is 0.582. The number of rotatable bonds is 9. The summed E-state index contributed by atoms with van der Waals surface area (Å²) in [5.41, 5.74) is 0. The number of allylic oxidation sites excluding steroid dienone is 1. The zero-order valence-electron chi connectivity index (χ0n) is 8.74. The van der Waals surface area contributed by atoms with Gasteiger partial charge < -0.3 is 0 Å². The van der Waals surface area contributed by atoms with E-state index in [1.807, 2.05) is 6.08 Å². The quantitative estimate of drug-likeness (QED) is 0.477. The largest absolute Gasteiger partial charge is 0.229 e. The summed E-state index contributed by atoms with van der Waals surface area (Å²) in [5, 5.41) is 4.88. The minimum atomic E-state index is -3.24. The van der Waals surface area contributed by atoms with Crippen LogP contribution in [0.25, 0.3) is 0 Å². The number of primary sulfonamides is 1. The molecule has 0 radical (unpaired) electrons. The summed E-state index contributed by atoms with van der Waals surface area (Å²) in [6.07, 6.45) is 9.36. The molecule has 0 aliphatic rings. The normalized spacial score (nSPS) is 11.5. The Kier molecular flexibility index (Phi) is 7.80. The molecule has 0 spiro atoms. The van der Waals surface area contributed by atoms with Crippen LogP contribution < -0.4 is 5.14 Å². The fourth-order valence-electron chi connectivity index (χ4n) is 1.30. The maximum Gasteiger partial charge on any atom is 0.209 e. The first-order valence-electron chi connectivity index (χ1n) is 5.17. The van der Waals surface area contributed by atoms with Crippen LogP contribution in [0.2, 0.25) is 0 Å². The van der Waals surface area contributed by atoms with Crippen molar-refractivity contribution in [1.29, 1.82) is 0 Å². The Labute approximate surface area is 87.4 Å². The van der Waals surface area contributed by atoms with Gasteiger partial charge in [-0.15, -0.1) is 6.58 Å². The Hall–Kier alpha value is -0.350. The van der Waals surface area contributed by atoms with Crippen LogP contribution in [0.1, 0.15) is 44.9 Å². The number of nitrogens with two attached hydrogens (primary N) is 1. The molecule has 0 aliphatic carbocycles. The van der Waals surface area contributed by atoms with Crippen LogP contribution in [0.15, 0.2) is 12.7 Å². The fourth-order valence-corrected chi connectivity index (χ4v) is 1.91. The highest BCUT2D eigenvalue weighted by atomic mass is 32.2. The molecule has 84 valence electrons. The molecule has 0 saturated carbocycles. The average Bonchev–Trinajstić information content (AvgIpc) is 2.08. The van der Waals surface area contributed by atoms with Crippen LogP contribution in [-0.2, 0) is 10.0 Å². The van der Waals surface area contributed by atoms with Crippen molar-refractivity contribution in [2.24, 2.45) is 5.14 Å². The van der Waals surface area contributed by atoms with Gasteiger partial charge in [0, 0.05) is 0 Å². The molecule has 0 heterocycles. The Bertz CT molecular complexity index is 235. The molecule has 0 bridgehead atoms. The van der Waals surface area contributed by atoms with E-state index >= 15 is 0 Å². The Morgan fingerprint density at radius 1 is 1.00 bits per heavy atom. The number of unbranched alkanes of at least 4 members (excludes halogenated alkanes) is 6. The van der Waals surface area contributed by atoms with Crippen LogP contribution in [0.3, 0.4) is 0 Å². The molecule has 0 fully saturated rings. The SMILES string of the molecule is C=CCCCCCCCCS(N)(=O)=O. The predicted octanol–water partition coefficient (Wildman–Crippen LogP) is 2.19. The van der Waals surface area contributed by atoms with Gasteiger partial charge in [-0.25, -0.2) is 13.6 Å². The van der Waals surface area contributed by atoms with Crippen molar-refractivity contribution >= 4 is 10.0 Å². The van der Waals surface area contributed by atoms with Gasteiger partial charge in [-0.05, 0) is 19.3 Å². The summed E-state index contributed by atoms with van der Waals surface area (Å²) >= 11 is 0. The van der Waals surface area contributed by atoms with Gasteiger partial charge in [-0.3, -0.25) is 0 Å². The predicted molar refractivity (Wildman–Crippen MR) is 60.5 cm³/mol. The molecule has 0 saturated heterocycles. The lowest BCUT2D eigenvalue weighted by Gasteiger charge is -2.00. The summed E-state index contributed by atoms with van der Waals surface area (Å²) in [4.78, 5) is 0. The van der Waals surface area contributed by atoms with Gasteiger partial charge >= 0.3 is 0 Å². The maximum absolute atomic E-state index is 10.6. The molecule has 0 atom stereocenters. The first kappa shape index (κ1) is 13.7. The first-order valence-corrected chi connectivity index (χ1v) is 6.89. The molecule has 0 rings (SSSR count). The Morgan fingerprint density at radius 2 is 1.50 bits per heavy atom. The van der Waals surface area contributed by atoms with Gasteiger partial charge in [-0.1, -0.05) is 31.8 Å². The third-order valence-corrected chi connectivity index (χ3v) is 2.94. The van der Waals surface area contributed by atoms with Gasteiger partial charge in [0.1, 0.15) is 0 Å². The van der Waals surface area contributed by atoms with E-state index in [0.717, 1.165) is 19.3 Å². The lowest BCUT2D eigenvalue weighted by atomic mass is 10.1. The number of hydrogen-bond acceptors (Lipinski definition) is 2. The van der Waals surface area contributed by atoms with Crippen molar-refractivity contribution in [1.82, 2.24) is 0 Å². The lowest BCUT2D eigenvalue weighted by Crippen LogP contribution is -2.16. The molecule has 3 nitrogen and oxygen atoms in total. The van der Waals surface area contributed by atoms with Crippen molar-refractivity contribution in [3.63, 3.8) is 0 Å². The van der Waals surface area contributed by atoms with Crippen LogP contribution in [0, 0.1) is 0 Å². The molecule has 0 aromatic rings. The van der Waals surface area contributed by atoms with Crippen LogP contribution in [-0.4, -0.2) is 14.2 Å². The summed E-state index contributed by atoms with van der Waals surface area (Å²) in [7, 11) is -3.24. The average molecular weight is 219 g/mol. The van der Waals surface area contributed by atoms with Gasteiger partial charge in [0.05, 0.1) is 5.75 Å². The molecule has 0 aliphatic heterocycles. The van der Waals surface area contributed by atoms with Crippen molar-refractivity contribution in [2.75, 3.05) is 5.75 Å². The Balaban J connectivity index is 3.10. The summed E-state index contributed by atoms with van der Waals surface area (Å²) in [6, 6.07) is 0. The second-order valence-corrected chi connectivity index (χ2v) is 5.30. The second kappa shape index (κ2) is 8.00. The van der Waals surface area contributed by atoms with Crippen LogP contribution in [0.4, 0.5) is 0 Å². The molecular weight excluding hydrogens is 198 g/mol. The number of sulfonamides is 1. The van der Waals surface area contributed by atoms with E-state index in [1.54, 1.807) is 0 Å². The molecule has 0 aromatic carbocycles. The molecule has 0 unspecified atom stereocenters. The third kappa shape index (κ3) is 11.6. The highest BCUT2D eigenvalue weighted by Gasteiger charge is 2.00. The Morgan fingerprint density at radius 3 is 2.00 bits per heavy atom. The second-order valence-electron chi connectivity index (χ2n) is 3.57. The summed E-state index contributed by atoms with van der Waals surface area (Å²) in [5.74, 6) is 0.125. The van der Waals surface area contributed by atoms with E-state index in [-0.39, 0.29) is 5.75 Å². The van der Waals surface area contributed by atoms with Gasteiger partial charge in [0.15, 0.2) is 0 Å². The third-order valence-electron chi connectivity index (χ3n) is 2.09. The maximum atomic E-state index is 10.6. The fraction of sp³-hybridized carbons (Fsp3) is 0.800. The first-order chi connectivity index (χ1) is 6.56. The molecule has 0 amide bonds. The monoisotopic (exact) mass is 219 g/mol. The molecular formula is C10H21NO2S. The zero-order chi connectivity index (χ0) is 10.9. The van der Waals surface area contributed by atoms with Crippen molar-refractivity contribution in [2.45, 2.75) is 44.9 Å². The standard InChI is InChI=1S/C10H21NO2S/c1-2-3-4-5-6-7-8-9-10-14(11,12)13/h2H,1,3-10H2,(H2,11,12,13). The molecule has 0 aromatic heterocycles. The minimum Gasteiger partial charge on any atom is -0.229 e. The van der Waals surface area contributed by atoms with Crippen LogP contribution in [0.5, 0.6) is 0 Å². The van der Waals surface area contributed by atoms with Gasteiger partial charge in [-0.2, -0.15) is 0 Å². The zero-order valence-corrected chi connectivity index (χ0v) is 9.56. The highest BCUT2D eigenvalue weighted by molar-refractivity contribution is 7.89. The van der Waals surface area contributed by atoms with E-state index in [1.165, 1.54) is 19.3 Å². The minimum absolute atomic E-state index is 0.125. The smallest absolute Gasteiger partial charge is 0.209 e. The number of hydrogen-bond donors (Lipinski definition) is 1. The van der Waals surface area contributed by atoms with Crippen molar-refractivity contribution in [3.05, 3.63) is 12.7 Å². The van der Waals surface area contributed by atoms with E-state index < -0.39 is 10.0 Å². The van der Waals surface area contributed by atoms with Crippen molar-refractivity contribution in [3.8, 4) is 0 Å². The van der Waals surface area contributed by atoms with E-state index in [4.69, 9.17) is 5.14 Å². The van der Waals surface area contributed by atoms with E-state index in [9.17, 15) is 8.42 Å². The van der Waals surface area contributed by atoms with Crippen LogP contribution >= 0.6 is 0 Å². The van der Waals surface area contributed by atoms with Crippen molar-refractivity contribution < 1.29 is 8.42 Å². The molecule has 4 heteroatoms. The topological polar surface area (TPSA) is 60.2 Å². The molecule has 14 heavy (non-hydrogen) atoms. The summed E-state index contributed by atoms with van der Waals surface area (Å²) in [6.45, 7) is 3.65. The van der Waals surface area contributed by atoms with Gasteiger partial charge in [0.2, 0.25) is 10.0 Å². The highest BCUT2D eigenvalue weighted by Crippen LogP contribution is 2.07. The van der Waals surface area contributed by atoms with E-state index in [0.29, 0.717) is 6.42 Å². The van der Waals surface area contributed by atoms with Gasteiger partial charge in [0.25, 0.3) is 0 Å².